The van der Waals surface area contributed by atoms with Crippen molar-refractivity contribution in [1.29, 1.82) is 0 Å². The number of nitrogens with zero attached hydrogens (tertiary/aromatic N) is 3. The van der Waals surface area contributed by atoms with Crippen LogP contribution in [0.5, 0.6) is 0 Å². The first-order chi connectivity index (χ1) is 9.56. The zero-order valence-corrected chi connectivity index (χ0v) is 11.9. The number of rotatable bonds is 5. The fourth-order valence-corrected chi connectivity index (χ4v) is 2.06. The highest BCUT2D eigenvalue weighted by Gasteiger charge is 2.21. The number of nitro groups is 1. The van der Waals surface area contributed by atoms with Crippen LogP contribution in [0, 0.1) is 24.0 Å². The first-order valence-electron chi connectivity index (χ1n) is 6.58. The molecule has 0 aliphatic rings. The molecule has 0 aliphatic heterocycles. The molecule has 6 heteroatoms. The topological polar surface area (TPSA) is 73.0 Å². The summed E-state index contributed by atoms with van der Waals surface area (Å²) < 4.78 is 1.75. The maximum Gasteiger partial charge on any atom is 0.316 e. The molecule has 0 amide bonds. The van der Waals surface area contributed by atoms with E-state index in [1.54, 1.807) is 23.0 Å². The first-order valence-corrected chi connectivity index (χ1v) is 6.58. The van der Waals surface area contributed by atoms with E-state index in [0.29, 0.717) is 17.9 Å². The number of nitro benzene ring substituents is 1. The summed E-state index contributed by atoms with van der Waals surface area (Å²) >= 11 is 0. The molecule has 0 aliphatic carbocycles. The molecule has 2 rings (SSSR count). The van der Waals surface area contributed by atoms with Crippen LogP contribution in [0.2, 0.25) is 0 Å². The van der Waals surface area contributed by atoms with Crippen molar-refractivity contribution in [3.05, 3.63) is 46.0 Å². The lowest BCUT2D eigenvalue weighted by Crippen LogP contribution is -2.07. The van der Waals surface area contributed by atoms with Gasteiger partial charge >= 0.3 is 5.69 Å². The van der Waals surface area contributed by atoms with Crippen LogP contribution in [0.3, 0.4) is 0 Å². The molecule has 6 nitrogen and oxygen atoms in total. The van der Waals surface area contributed by atoms with E-state index in [1.807, 2.05) is 26.8 Å². The van der Waals surface area contributed by atoms with Gasteiger partial charge in [-0.2, -0.15) is 0 Å². The van der Waals surface area contributed by atoms with Gasteiger partial charge < -0.3 is 5.32 Å². The molecule has 1 aromatic heterocycles. The predicted molar refractivity (Wildman–Crippen MR) is 78.5 cm³/mol. The quantitative estimate of drug-likeness (QED) is 0.671. The van der Waals surface area contributed by atoms with Crippen molar-refractivity contribution in [1.82, 2.24) is 9.55 Å². The van der Waals surface area contributed by atoms with Gasteiger partial charge in [0.15, 0.2) is 0 Å². The second-order valence-electron chi connectivity index (χ2n) is 4.64. The van der Waals surface area contributed by atoms with E-state index >= 15 is 0 Å². The number of hydrogen-bond donors (Lipinski definition) is 1. The summed E-state index contributed by atoms with van der Waals surface area (Å²) in [4.78, 5) is 15.3. The van der Waals surface area contributed by atoms with Crippen LogP contribution in [0.15, 0.2) is 24.5 Å². The summed E-state index contributed by atoms with van der Waals surface area (Å²) in [6.45, 7) is 6.51. The highest BCUT2D eigenvalue weighted by Crippen LogP contribution is 2.32. The Morgan fingerprint density at radius 1 is 1.40 bits per heavy atom. The van der Waals surface area contributed by atoms with Crippen molar-refractivity contribution < 1.29 is 4.92 Å². The molecule has 0 saturated carbocycles. The summed E-state index contributed by atoms with van der Waals surface area (Å²) in [6.07, 6.45) is 2.53. The van der Waals surface area contributed by atoms with Gasteiger partial charge in [-0.15, -0.1) is 0 Å². The fourth-order valence-electron chi connectivity index (χ4n) is 2.06. The van der Waals surface area contributed by atoms with E-state index in [0.717, 1.165) is 17.8 Å². The third-order valence-electron chi connectivity index (χ3n) is 3.27. The Balaban J connectivity index is 2.58. The highest BCUT2D eigenvalue weighted by molar-refractivity contribution is 5.71. The molecule has 1 aromatic carbocycles. The molecule has 1 N–H and O–H groups in total. The Hall–Kier alpha value is -2.37. The second-order valence-corrected chi connectivity index (χ2v) is 4.64. The van der Waals surface area contributed by atoms with E-state index in [2.05, 4.69) is 10.3 Å². The van der Waals surface area contributed by atoms with E-state index in [4.69, 9.17) is 0 Å². The lowest BCUT2D eigenvalue weighted by Gasteiger charge is -2.11. The van der Waals surface area contributed by atoms with Gasteiger partial charge in [-0.3, -0.25) is 14.7 Å². The molecule has 1 heterocycles. The summed E-state index contributed by atoms with van der Waals surface area (Å²) in [6, 6.07) is 5.29. The van der Waals surface area contributed by atoms with Crippen molar-refractivity contribution in [2.75, 3.05) is 11.9 Å². The van der Waals surface area contributed by atoms with Gasteiger partial charge in [-0.1, -0.05) is 13.0 Å². The van der Waals surface area contributed by atoms with Crippen LogP contribution in [-0.2, 0) is 0 Å². The third-order valence-corrected chi connectivity index (χ3v) is 3.27. The Bertz CT molecular complexity index is 634. The number of para-hydroxylation sites is 1. The largest absolute Gasteiger partial charge is 0.379 e. The van der Waals surface area contributed by atoms with Gasteiger partial charge in [-0.25, -0.2) is 4.98 Å². The summed E-state index contributed by atoms with van der Waals surface area (Å²) in [5.74, 6) is 0. The molecular weight excluding hydrogens is 256 g/mol. The summed E-state index contributed by atoms with van der Waals surface area (Å²) in [5, 5.41) is 14.5. The van der Waals surface area contributed by atoms with Gasteiger partial charge in [0.05, 0.1) is 16.9 Å². The SMILES string of the molecule is CCCNc1cccc(-n2cnc(C)c2C)c1[N+](=O)[O-]. The lowest BCUT2D eigenvalue weighted by atomic mass is 10.2. The first kappa shape index (κ1) is 14.0. The van der Waals surface area contributed by atoms with E-state index in [1.165, 1.54) is 0 Å². The number of nitrogens with one attached hydrogen (secondary N) is 1. The van der Waals surface area contributed by atoms with Crippen molar-refractivity contribution >= 4 is 11.4 Å². The van der Waals surface area contributed by atoms with Crippen LogP contribution in [0.1, 0.15) is 24.7 Å². The minimum absolute atomic E-state index is 0.0847. The molecule has 0 fully saturated rings. The molecule has 20 heavy (non-hydrogen) atoms. The molecule has 0 spiro atoms. The number of benzene rings is 1. The van der Waals surface area contributed by atoms with Gasteiger partial charge in [0.25, 0.3) is 0 Å². The molecule has 0 atom stereocenters. The number of aryl methyl sites for hydroxylation is 1. The second kappa shape index (κ2) is 5.73. The average molecular weight is 274 g/mol. The van der Waals surface area contributed by atoms with Gasteiger partial charge in [0.1, 0.15) is 11.4 Å². The van der Waals surface area contributed by atoms with Crippen LogP contribution in [0.25, 0.3) is 5.69 Å². The summed E-state index contributed by atoms with van der Waals surface area (Å²) in [5.41, 5.74) is 2.93. The van der Waals surface area contributed by atoms with Crippen LogP contribution >= 0.6 is 0 Å². The number of anilines is 1. The van der Waals surface area contributed by atoms with E-state index in [-0.39, 0.29) is 10.6 Å². The molecule has 0 unspecified atom stereocenters. The summed E-state index contributed by atoms with van der Waals surface area (Å²) in [7, 11) is 0. The highest BCUT2D eigenvalue weighted by atomic mass is 16.6. The number of aromatic nitrogens is 2. The fraction of sp³-hybridized carbons (Fsp3) is 0.357. The van der Waals surface area contributed by atoms with Gasteiger partial charge in [0.2, 0.25) is 0 Å². The van der Waals surface area contributed by atoms with E-state index < -0.39 is 0 Å². The van der Waals surface area contributed by atoms with Crippen LogP contribution < -0.4 is 5.32 Å². The predicted octanol–water partition coefficient (Wildman–Crippen LogP) is 3.22. The maximum atomic E-state index is 11.4. The Labute approximate surface area is 117 Å². The number of imidazole rings is 1. The van der Waals surface area contributed by atoms with Crippen molar-refractivity contribution in [2.24, 2.45) is 0 Å². The smallest absolute Gasteiger partial charge is 0.316 e. The standard InChI is InChI=1S/C14H18N4O2/c1-4-8-15-12-6-5-7-13(14(12)18(19)20)17-9-16-10(2)11(17)3/h5-7,9,15H,4,8H2,1-3H3. The van der Waals surface area contributed by atoms with E-state index in [9.17, 15) is 10.1 Å². The van der Waals surface area contributed by atoms with Crippen molar-refractivity contribution in [3.63, 3.8) is 0 Å². The zero-order chi connectivity index (χ0) is 14.7. The van der Waals surface area contributed by atoms with Gasteiger partial charge in [0, 0.05) is 12.2 Å². The minimum atomic E-state index is -0.345. The maximum absolute atomic E-state index is 11.4. The molecule has 106 valence electrons. The monoisotopic (exact) mass is 274 g/mol. The van der Waals surface area contributed by atoms with Crippen molar-refractivity contribution in [2.45, 2.75) is 27.2 Å². The Morgan fingerprint density at radius 2 is 2.15 bits per heavy atom. The van der Waals surface area contributed by atoms with Crippen molar-refractivity contribution in [3.8, 4) is 5.69 Å². The lowest BCUT2D eigenvalue weighted by molar-refractivity contribution is -0.383. The van der Waals surface area contributed by atoms with Crippen LogP contribution in [0.4, 0.5) is 11.4 Å². The normalized spacial score (nSPS) is 10.6. The molecule has 0 radical (unpaired) electrons. The Kier molecular flexibility index (Phi) is 4.02. The molecule has 0 saturated heterocycles. The minimum Gasteiger partial charge on any atom is -0.379 e. The average Bonchev–Trinajstić information content (AvgIpc) is 2.76. The Morgan fingerprint density at radius 3 is 2.70 bits per heavy atom. The molecular formula is C14H18N4O2. The molecule has 0 bridgehead atoms. The third kappa shape index (κ3) is 2.49. The zero-order valence-electron chi connectivity index (χ0n) is 11.9. The molecule has 2 aromatic rings. The van der Waals surface area contributed by atoms with Crippen LogP contribution in [-0.4, -0.2) is 21.0 Å². The van der Waals surface area contributed by atoms with Gasteiger partial charge in [-0.05, 0) is 32.4 Å². The number of hydrogen-bond acceptors (Lipinski definition) is 4.